The van der Waals surface area contributed by atoms with Crippen LogP contribution in [0.4, 0.5) is 4.39 Å². The number of rotatable bonds is 1. The molecule has 0 atom stereocenters. The zero-order valence-corrected chi connectivity index (χ0v) is 5.85. The van der Waals surface area contributed by atoms with E-state index in [1.165, 1.54) is 18.2 Å². The summed E-state index contributed by atoms with van der Waals surface area (Å²) in [5, 5.41) is 0. The molecule has 0 fully saturated rings. The van der Waals surface area contributed by atoms with Crippen LogP contribution in [-0.2, 0) is 10.7 Å². The highest BCUT2D eigenvalue weighted by Gasteiger charge is 1.94. The molecular formula is C6H5FO2S. The van der Waals surface area contributed by atoms with Crippen molar-refractivity contribution >= 4 is 10.7 Å². The first-order valence-electron chi connectivity index (χ1n) is 2.60. The average Bonchev–Trinajstić information content (AvgIpc) is 1.88. The lowest BCUT2D eigenvalue weighted by molar-refractivity contribution is 0.606. The van der Waals surface area contributed by atoms with E-state index < -0.39 is 16.5 Å². The number of halogens is 1. The molecule has 1 rings (SSSR count). The standard InChI is InChI=1S/C6H5FO2S/c7-5-2-1-3-6(4-5)10(8)9/h1-4,10H. The smallest absolute Gasteiger partial charge is 0.168 e. The van der Waals surface area contributed by atoms with Gasteiger partial charge in [0.1, 0.15) is 5.82 Å². The predicted octanol–water partition coefficient (Wildman–Crippen LogP) is 0.796. The van der Waals surface area contributed by atoms with Gasteiger partial charge in [-0.25, -0.2) is 12.8 Å². The van der Waals surface area contributed by atoms with Crippen LogP contribution in [0.5, 0.6) is 0 Å². The Labute approximate surface area is 59.3 Å². The minimum absolute atomic E-state index is 0.00926. The van der Waals surface area contributed by atoms with Gasteiger partial charge in [-0.3, -0.25) is 0 Å². The van der Waals surface area contributed by atoms with Gasteiger partial charge in [-0.2, -0.15) is 0 Å². The van der Waals surface area contributed by atoms with E-state index in [0.717, 1.165) is 6.07 Å². The largest absolute Gasteiger partial charge is 0.227 e. The third kappa shape index (κ3) is 1.54. The molecule has 10 heavy (non-hydrogen) atoms. The SMILES string of the molecule is O=[SH](=O)c1cccc(F)c1. The first-order chi connectivity index (χ1) is 4.70. The molecule has 0 radical (unpaired) electrons. The van der Waals surface area contributed by atoms with Gasteiger partial charge in [-0.1, -0.05) is 6.07 Å². The fourth-order valence-electron chi connectivity index (χ4n) is 0.590. The first kappa shape index (κ1) is 7.21. The highest BCUT2D eigenvalue weighted by atomic mass is 32.2. The fourth-order valence-corrected chi connectivity index (χ4v) is 1.03. The Bertz CT molecular complexity index is 298. The molecule has 0 aliphatic rings. The van der Waals surface area contributed by atoms with E-state index in [0.29, 0.717) is 0 Å². The van der Waals surface area contributed by atoms with Crippen molar-refractivity contribution in [2.24, 2.45) is 0 Å². The van der Waals surface area contributed by atoms with Gasteiger partial charge in [-0.15, -0.1) is 0 Å². The Morgan fingerprint density at radius 3 is 2.40 bits per heavy atom. The van der Waals surface area contributed by atoms with Gasteiger partial charge in [0.2, 0.25) is 0 Å². The van der Waals surface area contributed by atoms with Crippen molar-refractivity contribution < 1.29 is 12.8 Å². The minimum atomic E-state index is -2.65. The average molecular weight is 160 g/mol. The van der Waals surface area contributed by atoms with E-state index >= 15 is 0 Å². The maximum Gasteiger partial charge on any atom is 0.168 e. The number of hydrogen-bond acceptors (Lipinski definition) is 2. The molecular weight excluding hydrogens is 155 g/mol. The van der Waals surface area contributed by atoms with Crippen molar-refractivity contribution in [1.29, 1.82) is 0 Å². The summed E-state index contributed by atoms with van der Waals surface area (Å²) in [6.45, 7) is 0. The molecule has 0 saturated carbocycles. The van der Waals surface area contributed by atoms with Crippen molar-refractivity contribution in [2.45, 2.75) is 4.90 Å². The van der Waals surface area contributed by atoms with E-state index in [1.807, 2.05) is 0 Å². The van der Waals surface area contributed by atoms with Crippen LogP contribution >= 0.6 is 0 Å². The lowest BCUT2D eigenvalue weighted by atomic mass is 10.4. The molecule has 0 unspecified atom stereocenters. The van der Waals surface area contributed by atoms with E-state index in [1.54, 1.807) is 0 Å². The van der Waals surface area contributed by atoms with Crippen LogP contribution in [0, 0.1) is 5.82 Å². The van der Waals surface area contributed by atoms with Crippen LogP contribution in [0.15, 0.2) is 29.2 Å². The van der Waals surface area contributed by atoms with Crippen LogP contribution in [-0.4, -0.2) is 8.42 Å². The van der Waals surface area contributed by atoms with Crippen LogP contribution < -0.4 is 0 Å². The van der Waals surface area contributed by atoms with Crippen molar-refractivity contribution in [3.8, 4) is 0 Å². The zero-order valence-electron chi connectivity index (χ0n) is 4.95. The predicted molar refractivity (Wildman–Crippen MR) is 35.0 cm³/mol. The molecule has 0 aliphatic carbocycles. The molecule has 4 heteroatoms. The molecule has 0 N–H and O–H groups in total. The number of hydrogen-bond donors (Lipinski definition) is 1. The normalized spacial score (nSPS) is 10.2. The van der Waals surface area contributed by atoms with Gasteiger partial charge < -0.3 is 0 Å². The molecule has 0 spiro atoms. The summed E-state index contributed by atoms with van der Waals surface area (Å²) >= 11 is 0. The molecule has 1 aromatic rings. The van der Waals surface area contributed by atoms with Crippen LogP contribution in [0.25, 0.3) is 0 Å². The quantitative estimate of drug-likeness (QED) is 0.616. The van der Waals surface area contributed by atoms with Gasteiger partial charge in [0.25, 0.3) is 0 Å². The summed E-state index contributed by atoms with van der Waals surface area (Å²) in [5.74, 6) is -0.531. The third-order valence-electron chi connectivity index (χ3n) is 1.02. The number of thiol groups is 1. The van der Waals surface area contributed by atoms with Crippen LogP contribution in [0.1, 0.15) is 0 Å². The highest BCUT2D eigenvalue weighted by Crippen LogP contribution is 2.03. The van der Waals surface area contributed by atoms with Crippen molar-refractivity contribution in [3.63, 3.8) is 0 Å². The summed E-state index contributed by atoms with van der Waals surface area (Å²) in [6, 6.07) is 4.87. The maximum atomic E-state index is 12.3. The van der Waals surface area contributed by atoms with Crippen molar-refractivity contribution in [3.05, 3.63) is 30.1 Å². The maximum absolute atomic E-state index is 12.3. The zero-order chi connectivity index (χ0) is 7.56. The van der Waals surface area contributed by atoms with E-state index in [9.17, 15) is 12.8 Å². The molecule has 0 aliphatic heterocycles. The fraction of sp³-hybridized carbons (Fsp3) is 0. The summed E-state index contributed by atoms with van der Waals surface area (Å²) < 4.78 is 32.7. The summed E-state index contributed by atoms with van der Waals surface area (Å²) in [6.07, 6.45) is 0. The molecule has 54 valence electrons. The van der Waals surface area contributed by atoms with Gasteiger partial charge in [-0.05, 0) is 18.2 Å². The van der Waals surface area contributed by atoms with Gasteiger partial charge in [0.05, 0.1) is 4.90 Å². The van der Waals surface area contributed by atoms with Gasteiger partial charge >= 0.3 is 0 Å². The molecule has 1 aromatic carbocycles. The van der Waals surface area contributed by atoms with Crippen molar-refractivity contribution in [1.82, 2.24) is 0 Å². The second-order valence-electron chi connectivity index (χ2n) is 1.74. The Kier molecular flexibility index (Phi) is 2.01. The summed E-state index contributed by atoms with van der Waals surface area (Å²) in [5.41, 5.74) is 0. The minimum Gasteiger partial charge on any atom is -0.227 e. The molecule has 0 saturated heterocycles. The van der Waals surface area contributed by atoms with Gasteiger partial charge in [0.15, 0.2) is 10.7 Å². The molecule has 0 bridgehead atoms. The summed E-state index contributed by atoms with van der Waals surface area (Å²) in [4.78, 5) is 0.00926. The lowest BCUT2D eigenvalue weighted by Crippen LogP contribution is -1.80. The molecule has 0 heterocycles. The van der Waals surface area contributed by atoms with Gasteiger partial charge in [0, 0.05) is 0 Å². The lowest BCUT2D eigenvalue weighted by Gasteiger charge is -1.87. The Morgan fingerprint density at radius 2 is 2.00 bits per heavy atom. The highest BCUT2D eigenvalue weighted by molar-refractivity contribution is 7.72. The molecule has 0 aromatic heterocycles. The topological polar surface area (TPSA) is 34.1 Å². The Morgan fingerprint density at radius 1 is 1.30 bits per heavy atom. The van der Waals surface area contributed by atoms with Crippen molar-refractivity contribution in [2.75, 3.05) is 0 Å². The molecule has 0 amide bonds. The van der Waals surface area contributed by atoms with E-state index in [-0.39, 0.29) is 4.90 Å². The monoisotopic (exact) mass is 160 g/mol. The molecule has 2 nitrogen and oxygen atoms in total. The van der Waals surface area contributed by atoms with E-state index in [4.69, 9.17) is 0 Å². The first-order valence-corrected chi connectivity index (χ1v) is 3.78. The van der Waals surface area contributed by atoms with E-state index in [2.05, 4.69) is 0 Å². The number of benzene rings is 1. The Hall–Kier alpha value is -0.900. The second kappa shape index (κ2) is 2.79. The third-order valence-corrected chi connectivity index (χ3v) is 1.72. The van der Waals surface area contributed by atoms with Crippen LogP contribution in [0.2, 0.25) is 0 Å². The second-order valence-corrected chi connectivity index (χ2v) is 2.77. The Balaban J connectivity index is 3.19. The van der Waals surface area contributed by atoms with Crippen LogP contribution in [0.3, 0.4) is 0 Å². The summed E-state index contributed by atoms with van der Waals surface area (Å²) in [7, 11) is -2.65.